The van der Waals surface area contributed by atoms with E-state index in [-0.39, 0.29) is 22.8 Å². The zero-order valence-electron chi connectivity index (χ0n) is 14.5. The van der Waals surface area contributed by atoms with Crippen molar-refractivity contribution in [1.82, 2.24) is 25.1 Å². The fraction of sp³-hybridized carbons (Fsp3) is 0.250. The van der Waals surface area contributed by atoms with E-state index >= 15 is 0 Å². The number of nitrogens with zero attached hydrogens (tertiary/aromatic N) is 5. The van der Waals surface area contributed by atoms with Gasteiger partial charge >= 0.3 is 12.4 Å². The monoisotopic (exact) mass is 419 g/mol. The average Bonchev–Trinajstić information content (AvgIpc) is 3.26. The Balaban J connectivity index is 1.85. The maximum absolute atomic E-state index is 13.0. The molecule has 29 heavy (non-hydrogen) atoms. The van der Waals surface area contributed by atoms with Gasteiger partial charge in [-0.05, 0) is 24.3 Å². The predicted octanol–water partition coefficient (Wildman–Crippen LogP) is 4.09. The molecule has 7 nitrogen and oxygen atoms in total. The highest BCUT2D eigenvalue weighted by Crippen LogP contribution is 2.34. The second-order valence-corrected chi connectivity index (χ2v) is 5.70. The molecule has 2 aromatic heterocycles. The van der Waals surface area contributed by atoms with E-state index in [0.29, 0.717) is 0 Å². The van der Waals surface area contributed by atoms with E-state index in [0.717, 1.165) is 29.2 Å². The van der Waals surface area contributed by atoms with Crippen molar-refractivity contribution in [2.45, 2.75) is 18.8 Å². The predicted molar refractivity (Wildman–Crippen MR) is 86.3 cm³/mol. The van der Waals surface area contributed by atoms with Gasteiger partial charge in [-0.2, -0.15) is 26.3 Å². The van der Waals surface area contributed by atoms with Gasteiger partial charge in [-0.3, -0.25) is 0 Å². The van der Waals surface area contributed by atoms with Gasteiger partial charge < -0.3 is 4.74 Å². The number of hydrogen-bond donors (Lipinski definition) is 0. The summed E-state index contributed by atoms with van der Waals surface area (Å²) in [6.07, 6.45) is -6.90. The quantitative estimate of drug-likeness (QED) is 0.580. The second-order valence-electron chi connectivity index (χ2n) is 5.70. The van der Waals surface area contributed by atoms with E-state index in [1.807, 2.05) is 0 Å². The Bertz CT molecular complexity index is 1020. The van der Waals surface area contributed by atoms with E-state index in [1.54, 1.807) is 0 Å². The van der Waals surface area contributed by atoms with Crippen LogP contribution in [-0.2, 0) is 12.6 Å². The Kier molecular flexibility index (Phi) is 5.31. The Hall–Kier alpha value is -3.38. The van der Waals surface area contributed by atoms with Crippen LogP contribution in [0.25, 0.3) is 23.7 Å². The number of alkyl halides is 6. The zero-order valence-corrected chi connectivity index (χ0v) is 14.5. The molecule has 0 atom stereocenters. The van der Waals surface area contributed by atoms with Crippen molar-refractivity contribution in [2.24, 2.45) is 0 Å². The van der Waals surface area contributed by atoms with Crippen LogP contribution in [0.15, 0.2) is 29.2 Å². The first kappa shape index (κ1) is 20.4. The standard InChI is InChI=1S/C16H11F6N5O2/c1-28-11-5-9(4-10(6-11)16(20,21)22)14-23-8-27(24-14)3-2-12-13(26-29-25-12)7-15(17,18)19/h2-6,8H,7H2,1H3. The molecule has 1 aromatic carbocycles. The minimum atomic E-state index is -4.60. The Morgan fingerprint density at radius 3 is 2.52 bits per heavy atom. The minimum Gasteiger partial charge on any atom is -0.497 e. The molecule has 0 saturated heterocycles. The Morgan fingerprint density at radius 1 is 1.10 bits per heavy atom. The molecule has 0 unspecified atom stereocenters. The SMILES string of the molecule is COc1cc(-c2ncn(C=Cc3nonc3CC(F)(F)F)n2)cc(C(F)(F)F)c1. The van der Waals surface area contributed by atoms with E-state index < -0.39 is 30.0 Å². The van der Waals surface area contributed by atoms with Crippen LogP contribution in [0.4, 0.5) is 26.3 Å². The van der Waals surface area contributed by atoms with Gasteiger partial charge in [-0.1, -0.05) is 10.3 Å². The molecule has 13 heteroatoms. The van der Waals surface area contributed by atoms with Crippen LogP contribution >= 0.6 is 0 Å². The number of rotatable bonds is 5. The lowest BCUT2D eigenvalue weighted by molar-refractivity contribution is -0.137. The molecule has 0 fully saturated rings. The normalized spacial score (nSPS) is 12.7. The maximum Gasteiger partial charge on any atom is 0.416 e. The van der Waals surface area contributed by atoms with E-state index in [9.17, 15) is 26.3 Å². The van der Waals surface area contributed by atoms with Gasteiger partial charge in [0.05, 0.1) is 19.1 Å². The molecule has 3 rings (SSSR count). The Labute approximate surface area is 158 Å². The number of benzene rings is 1. The summed E-state index contributed by atoms with van der Waals surface area (Å²) in [6.45, 7) is 0. The van der Waals surface area contributed by atoms with Crippen LogP contribution in [0.1, 0.15) is 17.0 Å². The van der Waals surface area contributed by atoms with Crippen LogP contribution in [0.2, 0.25) is 0 Å². The summed E-state index contributed by atoms with van der Waals surface area (Å²) >= 11 is 0. The topological polar surface area (TPSA) is 78.9 Å². The summed E-state index contributed by atoms with van der Waals surface area (Å²) in [7, 11) is 1.22. The molecule has 3 aromatic rings. The van der Waals surface area contributed by atoms with Crippen molar-refractivity contribution in [3.63, 3.8) is 0 Å². The summed E-state index contributed by atoms with van der Waals surface area (Å²) in [5, 5.41) is 10.5. The lowest BCUT2D eigenvalue weighted by Gasteiger charge is -2.10. The molecule has 0 amide bonds. The maximum atomic E-state index is 13.0. The number of hydrogen-bond acceptors (Lipinski definition) is 6. The molecule has 154 valence electrons. The zero-order chi connectivity index (χ0) is 21.2. The van der Waals surface area contributed by atoms with Crippen LogP contribution in [0, 0.1) is 0 Å². The van der Waals surface area contributed by atoms with E-state index in [2.05, 4.69) is 25.0 Å². The van der Waals surface area contributed by atoms with Crippen LogP contribution in [0.3, 0.4) is 0 Å². The fourth-order valence-electron chi connectivity index (χ4n) is 2.29. The van der Waals surface area contributed by atoms with Crippen molar-refractivity contribution in [1.29, 1.82) is 0 Å². The van der Waals surface area contributed by atoms with Crippen LogP contribution < -0.4 is 4.74 Å². The molecule has 0 bridgehead atoms. The van der Waals surface area contributed by atoms with Crippen LogP contribution in [0.5, 0.6) is 5.75 Å². The van der Waals surface area contributed by atoms with Gasteiger partial charge in [-0.25, -0.2) is 14.3 Å². The van der Waals surface area contributed by atoms with Crippen LogP contribution in [-0.4, -0.2) is 38.4 Å². The van der Waals surface area contributed by atoms with Crippen molar-refractivity contribution in [3.8, 4) is 17.1 Å². The first-order chi connectivity index (χ1) is 13.5. The van der Waals surface area contributed by atoms with Crippen molar-refractivity contribution < 1.29 is 35.7 Å². The van der Waals surface area contributed by atoms with Gasteiger partial charge in [0.1, 0.15) is 23.5 Å². The summed E-state index contributed by atoms with van der Waals surface area (Å²) in [4.78, 5) is 3.91. The lowest BCUT2D eigenvalue weighted by Crippen LogP contribution is -2.12. The third-order valence-electron chi connectivity index (χ3n) is 3.58. The van der Waals surface area contributed by atoms with Crippen molar-refractivity contribution >= 4 is 12.3 Å². The second kappa shape index (κ2) is 7.56. The summed E-state index contributed by atoms with van der Waals surface area (Å²) in [5.41, 5.74) is -1.48. The molecule has 0 aliphatic carbocycles. The largest absolute Gasteiger partial charge is 0.497 e. The van der Waals surface area contributed by atoms with Gasteiger partial charge in [-0.15, -0.1) is 5.10 Å². The molecular formula is C16H11F6N5O2. The van der Waals surface area contributed by atoms with Gasteiger partial charge in [0.2, 0.25) is 0 Å². The first-order valence-corrected chi connectivity index (χ1v) is 7.79. The molecule has 0 spiro atoms. The number of halogens is 6. The molecule has 0 aliphatic rings. The average molecular weight is 419 g/mol. The lowest BCUT2D eigenvalue weighted by atomic mass is 10.1. The number of aromatic nitrogens is 5. The summed E-state index contributed by atoms with van der Waals surface area (Å²) < 4.78 is 86.8. The van der Waals surface area contributed by atoms with E-state index in [4.69, 9.17) is 4.74 Å². The van der Waals surface area contributed by atoms with Crippen molar-refractivity contribution in [3.05, 3.63) is 41.5 Å². The van der Waals surface area contributed by atoms with Gasteiger partial charge in [0.25, 0.3) is 0 Å². The van der Waals surface area contributed by atoms with Gasteiger partial charge in [0, 0.05) is 11.8 Å². The smallest absolute Gasteiger partial charge is 0.416 e. The first-order valence-electron chi connectivity index (χ1n) is 7.79. The molecule has 2 heterocycles. The molecule has 0 saturated carbocycles. The highest BCUT2D eigenvalue weighted by atomic mass is 19.4. The molecule has 0 radical (unpaired) electrons. The summed E-state index contributed by atoms with van der Waals surface area (Å²) in [5.74, 6) is -0.0833. The summed E-state index contributed by atoms with van der Waals surface area (Å²) in [6, 6.07) is 3.01. The highest BCUT2D eigenvalue weighted by molar-refractivity contribution is 5.61. The number of methoxy groups -OCH3 is 1. The minimum absolute atomic E-state index is 0.0350. The van der Waals surface area contributed by atoms with Crippen molar-refractivity contribution in [2.75, 3.05) is 7.11 Å². The highest BCUT2D eigenvalue weighted by Gasteiger charge is 2.32. The van der Waals surface area contributed by atoms with E-state index in [1.165, 1.54) is 19.4 Å². The van der Waals surface area contributed by atoms with Gasteiger partial charge in [0.15, 0.2) is 5.82 Å². The third kappa shape index (κ3) is 5.12. The molecular weight excluding hydrogens is 408 g/mol. The fourth-order valence-corrected chi connectivity index (χ4v) is 2.29. The molecule has 0 N–H and O–H groups in total. The molecule has 0 aliphatic heterocycles. The number of ether oxygens (including phenoxy) is 1. The third-order valence-corrected chi connectivity index (χ3v) is 3.58. The Morgan fingerprint density at radius 2 is 1.86 bits per heavy atom.